The van der Waals surface area contributed by atoms with Gasteiger partial charge in [0.15, 0.2) is 6.10 Å². The van der Waals surface area contributed by atoms with E-state index in [1.54, 1.807) is 0 Å². The summed E-state index contributed by atoms with van der Waals surface area (Å²) in [6, 6.07) is 1.39. The minimum atomic E-state index is -1.62. The second-order valence-corrected chi connectivity index (χ2v) is 4.57. The molecule has 4 nitrogen and oxygen atoms in total. The van der Waals surface area contributed by atoms with Crippen LogP contribution in [0.25, 0.3) is 0 Å². The summed E-state index contributed by atoms with van der Waals surface area (Å²) >= 11 is 0. The first-order valence-electron chi connectivity index (χ1n) is 6.24. The summed E-state index contributed by atoms with van der Waals surface area (Å²) in [5.41, 5.74) is 1.31. The Morgan fingerprint density at radius 1 is 1.32 bits per heavy atom. The Morgan fingerprint density at radius 3 is 2.53 bits per heavy atom. The smallest absolute Gasteiger partial charge is 0.339 e. The van der Waals surface area contributed by atoms with E-state index in [4.69, 9.17) is 4.74 Å². The van der Waals surface area contributed by atoms with Crippen LogP contribution in [0.5, 0.6) is 5.75 Å². The molecule has 0 heterocycles. The SMILES string of the molecule is COC(=O)C(O)c1cc(OC)c2c(c1F)CCCC2. The molecule has 0 aliphatic heterocycles. The fourth-order valence-electron chi connectivity index (χ4n) is 2.51. The van der Waals surface area contributed by atoms with Crippen molar-refractivity contribution in [1.29, 1.82) is 0 Å². The number of esters is 1. The Hall–Kier alpha value is -1.62. The fourth-order valence-corrected chi connectivity index (χ4v) is 2.51. The molecule has 1 aromatic carbocycles. The third-order valence-corrected chi connectivity index (χ3v) is 3.51. The number of rotatable bonds is 3. The predicted octanol–water partition coefficient (Wildman–Crippen LogP) is 1.92. The van der Waals surface area contributed by atoms with Gasteiger partial charge in [0.25, 0.3) is 0 Å². The Balaban J connectivity index is 2.53. The lowest BCUT2D eigenvalue weighted by atomic mass is 9.88. The molecule has 19 heavy (non-hydrogen) atoms. The highest BCUT2D eigenvalue weighted by Gasteiger charge is 2.28. The van der Waals surface area contributed by atoms with Crippen LogP contribution in [0.2, 0.25) is 0 Å². The maximum atomic E-state index is 14.4. The molecule has 1 aliphatic carbocycles. The third kappa shape index (κ3) is 2.42. The van der Waals surface area contributed by atoms with Gasteiger partial charge >= 0.3 is 5.97 Å². The van der Waals surface area contributed by atoms with Crippen LogP contribution in [0.3, 0.4) is 0 Å². The van der Waals surface area contributed by atoms with Gasteiger partial charge in [-0.3, -0.25) is 0 Å². The van der Waals surface area contributed by atoms with E-state index in [1.807, 2.05) is 0 Å². The topological polar surface area (TPSA) is 55.8 Å². The highest BCUT2D eigenvalue weighted by molar-refractivity contribution is 5.76. The zero-order valence-electron chi connectivity index (χ0n) is 11.0. The van der Waals surface area contributed by atoms with Gasteiger partial charge in [-0.2, -0.15) is 0 Å². The highest BCUT2D eigenvalue weighted by atomic mass is 19.1. The maximum Gasteiger partial charge on any atom is 0.339 e. The van der Waals surface area contributed by atoms with E-state index in [2.05, 4.69) is 4.74 Å². The van der Waals surface area contributed by atoms with Crippen LogP contribution in [0.4, 0.5) is 4.39 Å². The van der Waals surface area contributed by atoms with Gasteiger partial charge in [-0.05, 0) is 37.3 Å². The van der Waals surface area contributed by atoms with Crippen molar-refractivity contribution in [2.24, 2.45) is 0 Å². The van der Waals surface area contributed by atoms with Crippen LogP contribution in [-0.2, 0) is 22.4 Å². The molecule has 0 aromatic heterocycles. The molecular formula is C14H17FO4. The van der Waals surface area contributed by atoms with Gasteiger partial charge < -0.3 is 14.6 Å². The molecule has 0 fully saturated rings. The summed E-state index contributed by atoms with van der Waals surface area (Å²) in [4.78, 5) is 11.4. The Morgan fingerprint density at radius 2 is 1.95 bits per heavy atom. The lowest BCUT2D eigenvalue weighted by Crippen LogP contribution is -2.18. The fraction of sp³-hybridized carbons (Fsp3) is 0.500. The number of methoxy groups -OCH3 is 2. The summed E-state index contributed by atoms with van der Waals surface area (Å²) in [6.07, 6.45) is 1.61. The van der Waals surface area contributed by atoms with E-state index in [0.717, 1.165) is 31.9 Å². The normalized spacial score (nSPS) is 15.6. The number of fused-ring (bicyclic) bond motifs is 1. The van der Waals surface area contributed by atoms with Crippen molar-refractivity contribution < 1.29 is 23.8 Å². The van der Waals surface area contributed by atoms with Gasteiger partial charge in [0, 0.05) is 11.1 Å². The molecule has 0 bridgehead atoms. The van der Waals surface area contributed by atoms with E-state index in [-0.39, 0.29) is 5.56 Å². The number of aliphatic hydroxyl groups is 1. The molecule has 1 N–H and O–H groups in total. The first kappa shape index (κ1) is 13.8. The molecule has 0 saturated heterocycles. The molecular weight excluding hydrogens is 251 g/mol. The molecule has 2 rings (SSSR count). The number of hydrogen-bond donors (Lipinski definition) is 1. The van der Waals surface area contributed by atoms with Crippen LogP contribution in [0.15, 0.2) is 6.07 Å². The van der Waals surface area contributed by atoms with Crippen molar-refractivity contribution in [2.75, 3.05) is 14.2 Å². The predicted molar refractivity (Wildman–Crippen MR) is 66.6 cm³/mol. The average molecular weight is 268 g/mol. The molecule has 104 valence electrons. The van der Waals surface area contributed by atoms with Crippen molar-refractivity contribution in [1.82, 2.24) is 0 Å². The van der Waals surface area contributed by atoms with Crippen molar-refractivity contribution in [3.63, 3.8) is 0 Å². The lowest BCUT2D eigenvalue weighted by Gasteiger charge is -2.22. The molecule has 1 aromatic rings. The standard InChI is InChI=1S/C14H17FO4/c1-18-11-7-10(13(16)14(17)19-2)12(15)9-6-4-3-5-8(9)11/h7,13,16H,3-6H2,1-2H3. The summed E-state index contributed by atoms with van der Waals surface area (Å²) in [5, 5.41) is 9.82. The van der Waals surface area contributed by atoms with Crippen molar-refractivity contribution in [2.45, 2.75) is 31.8 Å². The summed E-state index contributed by atoms with van der Waals surface area (Å²) in [6.45, 7) is 0. The van der Waals surface area contributed by atoms with Gasteiger partial charge in [0.2, 0.25) is 0 Å². The van der Waals surface area contributed by atoms with Crippen LogP contribution in [-0.4, -0.2) is 25.3 Å². The van der Waals surface area contributed by atoms with E-state index in [0.29, 0.717) is 17.7 Å². The summed E-state index contributed by atoms with van der Waals surface area (Å²) in [5.74, 6) is -0.876. The van der Waals surface area contributed by atoms with Gasteiger partial charge in [0.05, 0.1) is 14.2 Å². The molecule has 1 aliphatic rings. The average Bonchev–Trinajstić information content (AvgIpc) is 2.46. The molecule has 1 atom stereocenters. The summed E-state index contributed by atoms with van der Waals surface area (Å²) < 4.78 is 24.1. The van der Waals surface area contributed by atoms with Gasteiger partial charge in [-0.25, -0.2) is 9.18 Å². The molecule has 0 amide bonds. The quantitative estimate of drug-likeness (QED) is 0.851. The number of carbonyl (C=O) groups excluding carboxylic acids is 1. The van der Waals surface area contributed by atoms with E-state index in [1.165, 1.54) is 13.2 Å². The summed E-state index contributed by atoms with van der Waals surface area (Å²) in [7, 11) is 2.65. The van der Waals surface area contributed by atoms with Gasteiger partial charge in [0.1, 0.15) is 11.6 Å². The van der Waals surface area contributed by atoms with Gasteiger partial charge in [-0.15, -0.1) is 0 Å². The van der Waals surface area contributed by atoms with E-state index in [9.17, 15) is 14.3 Å². The monoisotopic (exact) mass is 268 g/mol. The van der Waals surface area contributed by atoms with E-state index < -0.39 is 17.9 Å². The lowest BCUT2D eigenvalue weighted by molar-refractivity contribution is -0.150. The second kappa shape index (κ2) is 5.57. The van der Waals surface area contributed by atoms with Crippen molar-refractivity contribution in [3.8, 4) is 5.75 Å². The third-order valence-electron chi connectivity index (χ3n) is 3.51. The number of halogens is 1. The van der Waals surface area contributed by atoms with Crippen LogP contribution >= 0.6 is 0 Å². The highest BCUT2D eigenvalue weighted by Crippen LogP contribution is 2.36. The minimum Gasteiger partial charge on any atom is -0.496 e. The first-order chi connectivity index (χ1) is 9.10. The number of benzene rings is 1. The number of hydrogen-bond acceptors (Lipinski definition) is 4. The van der Waals surface area contributed by atoms with Gasteiger partial charge in [-0.1, -0.05) is 0 Å². The zero-order chi connectivity index (χ0) is 14.0. The number of aliphatic hydroxyl groups excluding tert-OH is 1. The molecule has 0 spiro atoms. The van der Waals surface area contributed by atoms with Crippen LogP contribution < -0.4 is 4.74 Å². The first-order valence-corrected chi connectivity index (χ1v) is 6.24. The van der Waals surface area contributed by atoms with Crippen LogP contribution in [0, 0.1) is 5.82 Å². The van der Waals surface area contributed by atoms with Crippen LogP contribution in [0.1, 0.15) is 35.6 Å². The Kier molecular flexibility index (Phi) is 4.04. The van der Waals surface area contributed by atoms with Crippen molar-refractivity contribution in [3.05, 3.63) is 28.6 Å². The largest absolute Gasteiger partial charge is 0.496 e. The minimum absolute atomic E-state index is 0.0793. The van der Waals surface area contributed by atoms with Crippen molar-refractivity contribution >= 4 is 5.97 Å². The van der Waals surface area contributed by atoms with E-state index >= 15 is 0 Å². The molecule has 0 radical (unpaired) electrons. The Labute approximate surface area is 111 Å². The second-order valence-electron chi connectivity index (χ2n) is 4.57. The number of ether oxygens (including phenoxy) is 2. The Bertz CT molecular complexity index is 499. The number of carbonyl (C=O) groups is 1. The molecule has 1 unspecified atom stereocenters. The zero-order valence-corrected chi connectivity index (χ0v) is 11.0. The molecule has 5 heteroatoms. The maximum absolute atomic E-state index is 14.4. The molecule has 0 saturated carbocycles.